The van der Waals surface area contributed by atoms with Crippen LogP contribution in [0.4, 0.5) is 5.69 Å². The molecule has 0 bridgehead atoms. The van der Waals surface area contributed by atoms with Crippen LogP contribution in [0.25, 0.3) is 44.6 Å². The van der Waals surface area contributed by atoms with Gasteiger partial charge >= 0.3 is 0 Å². The zero-order chi connectivity index (χ0) is 21.7. The van der Waals surface area contributed by atoms with Gasteiger partial charge in [-0.3, -0.25) is 15.1 Å². The van der Waals surface area contributed by atoms with E-state index >= 15 is 0 Å². The molecule has 8 nitrogen and oxygen atoms in total. The summed E-state index contributed by atoms with van der Waals surface area (Å²) in [5.74, 6) is 0. The molecular weight excluding hydrogens is 400 g/mol. The van der Waals surface area contributed by atoms with Crippen molar-refractivity contribution in [2.75, 3.05) is 38.1 Å². The van der Waals surface area contributed by atoms with E-state index < -0.39 is 0 Å². The van der Waals surface area contributed by atoms with Gasteiger partial charge in [-0.15, -0.1) is 0 Å². The minimum atomic E-state index is 0.809. The fourth-order valence-corrected chi connectivity index (χ4v) is 4.43. The van der Waals surface area contributed by atoms with Crippen molar-refractivity contribution in [3.63, 3.8) is 0 Å². The minimum absolute atomic E-state index is 0.809. The third-order valence-electron chi connectivity index (χ3n) is 6.35. The van der Waals surface area contributed by atoms with Crippen LogP contribution < -0.4 is 4.90 Å². The number of likely N-dealkylation sites (N-methyl/N-ethyl adjacent to an activating group) is 1. The molecule has 2 N–H and O–H groups in total. The van der Waals surface area contributed by atoms with Crippen molar-refractivity contribution in [2.45, 2.75) is 6.92 Å². The number of fused-ring (bicyclic) bond motifs is 2. The summed E-state index contributed by atoms with van der Waals surface area (Å²) in [6, 6.07) is 8.21. The second-order valence-corrected chi connectivity index (χ2v) is 8.45. The number of pyridine rings is 3. The van der Waals surface area contributed by atoms with Crippen molar-refractivity contribution in [1.29, 1.82) is 0 Å². The summed E-state index contributed by atoms with van der Waals surface area (Å²) in [6.45, 7) is 6.18. The number of anilines is 1. The van der Waals surface area contributed by atoms with Crippen LogP contribution in [0.15, 0.2) is 49.1 Å². The molecule has 160 valence electrons. The number of aromatic nitrogens is 6. The lowest BCUT2D eigenvalue weighted by molar-refractivity contribution is 0.313. The molecule has 32 heavy (non-hydrogen) atoms. The molecule has 1 aliphatic rings. The van der Waals surface area contributed by atoms with E-state index in [1.165, 1.54) is 0 Å². The number of nitrogens with one attached hydrogen (secondary N) is 2. The molecule has 8 heteroatoms. The molecule has 1 fully saturated rings. The highest BCUT2D eigenvalue weighted by molar-refractivity contribution is 5.98. The van der Waals surface area contributed by atoms with Crippen LogP contribution in [0, 0.1) is 6.92 Å². The normalized spacial score (nSPS) is 15.1. The number of aromatic amines is 2. The third-order valence-corrected chi connectivity index (χ3v) is 6.35. The predicted molar refractivity (Wildman–Crippen MR) is 127 cm³/mol. The lowest BCUT2D eigenvalue weighted by Crippen LogP contribution is -2.44. The molecule has 5 aromatic rings. The van der Waals surface area contributed by atoms with Gasteiger partial charge in [0.05, 0.1) is 40.5 Å². The van der Waals surface area contributed by atoms with Gasteiger partial charge in [-0.2, -0.15) is 5.10 Å². The summed E-state index contributed by atoms with van der Waals surface area (Å²) in [5, 5.41) is 8.88. The van der Waals surface area contributed by atoms with Gasteiger partial charge in [-0.1, -0.05) is 0 Å². The van der Waals surface area contributed by atoms with Gasteiger partial charge in [-0.05, 0) is 43.8 Å². The second-order valence-electron chi connectivity index (χ2n) is 8.45. The maximum atomic E-state index is 4.95. The summed E-state index contributed by atoms with van der Waals surface area (Å²) in [7, 11) is 2.17. The van der Waals surface area contributed by atoms with E-state index in [4.69, 9.17) is 4.98 Å². The van der Waals surface area contributed by atoms with Gasteiger partial charge in [0, 0.05) is 49.5 Å². The maximum absolute atomic E-state index is 4.95. The van der Waals surface area contributed by atoms with Crippen molar-refractivity contribution in [3.05, 3.63) is 54.6 Å². The molecule has 6 rings (SSSR count). The Morgan fingerprint density at radius 2 is 1.81 bits per heavy atom. The third kappa shape index (κ3) is 3.11. The largest absolute Gasteiger partial charge is 0.367 e. The zero-order valence-electron chi connectivity index (χ0n) is 18.1. The van der Waals surface area contributed by atoms with Gasteiger partial charge in [0.2, 0.25) is 0 Å². The summed E-state index contributed by atoms with van der Waals surface area (Å²) in [5.41, 5.74) is 8.72. The summed E-state index contributed by atoms with van der Waals surface area (Å²) in [6.07, 6.45) is 7.51. The number of hydrogen-bond acceptors (Lipinski definition) is 6. The van der Waals surface area contributed by atoms with E-state index in [1.54, 1.807) is 6.20 Å². The molecular formula is C24H24N8. The van der Waals surface area contributed by atoms with Gasteiger partial charge in [-0.25, -0.2) is 4.98 Å². The van der Waals surface area contributed by atoms with Gasteiger partial charge in [0.15, 0.2) is 0 Å². The Bertz CT molecular complexity index is 1420. The first-order valence-electron chi connectivity index (χ1n) is 10.8. The monoisotopic (exact) mass is 424 g/mol. The number of nitrogens with zero attached hydrogens (tertiary/aromatic N) is 6. The summed E-state index contributed by atoms with van der Waals surface area (Å²) < 4.78 is 0. The first-order chi connectivity index (χ1) is 15.7. The number of aryl methyl sites for hydroxylation is 1. The smallest absolute Gasteiger partial charge is 0.135 e. The van der Waals surface area contributed by atoms with Crippen LogP contribution in [0.5, 0.6) is 0 Å². The zero-order valence-corrected chi connectivity index (χ0v) is 18.1. The van der Waals surface area contributed by atoms with Crippen LogP contribution in [0.3, 0.4) is 0 Å². The predicted octanol–water partition coefficient (Wildman–Crippen LogP) is 3.62. The number of piperazine rings is 1. The van der Waals surface area contributed by atoms with Crippen LogP contribution in [-0.4, -0.2) is 68.3 Å². The molecule has 0 saturated carbocycles. The van der Waals surface area contributed by atoms with E-state index in [2.05, 4.69) is 55.0 Å². The molecule has 5 aromatic heterocycles. The molecule has 0 atom stereocenters. The Kier molecular flexibility index (Phi) is 4.39. The second kappa shape index (κ2) is 7.42. The van der Waals surface area contributed by atoms with E-state index in [9.17, 15) is 0 Å². The number of H-pyrrole nitrogens is 2. The van der Waals surface area contributed by atoms with Crippen LogP contribution in [-0.2, 0) is 0 Å². The van der Waals surface area contributed by atoms with Crippen molar-refractivity contribution < 1.29 is 0 Å². The quantitative estimate of drug-likeness (QED) is 0.460. The molecule has 0 amide bonds. The van der Waals surface area contributed by atoms with Crippen molar-refractivity contribution in [1.82, 2.24) is 35.0 Å². The standard InChI is InChI=1S/C24H24N8/c1-15-5-6-25-12-17(15)18-3-4-19-23(28-18)24(30-29-19)20-11-16-21(27-20)13-26-14-22(16)32-9-7-31(2)8-10-32/h3-6,11-14,27H,7-10H2,1-2H3,(H,29,30). The van der Waals surface area contributed by atoms with Gasteiger partial charge in [0.1, 0.15) is 11.2 Å². The topological polar surface area (TPSA) is 89.6 Å². The highest BCUT2D eigenvalue weighted by Gasteiger charge is 2.20. The Labute approximate surface area is 185 Å². The minimum Gasteiger partial charge on any atom is -0.367 e. The van der Waals surface area contributed by atoms with Crippen molar-refractivity contribution in [3.8, 4) is 22.6 Å². The first-order valence-corrected chi connectivity index (χ1v) is 10.8. The van der Waals surface area contributed by atoms with Crippen molar-refractivity contribution >= 4 is 27.6 Å². The Morgan fingerprint density at radius 3 is 2.66 bits per heavy atom. The molecule has 0 unspecified atom stereocenters. The highest BCUT2D eigenvalue weighted by atomic mass is 15.3. The summed E-state index contributed by atoms with van der Waals surface area (Å²) in [4.78, 5) is 22.0. The Hall–Kier alpha value is -3.78. The van der Waals surface area contributed by atoms with Crippen LogP contribution in [0.1, 0.15) is 5.56 Å². The van der Waals surface area contributed by atoms with E-state index in [-0.39, 0.29) is 0 Å². The number of rotatable bonds is 3. The average Bonchev–Trinajstić information content (AvgIpc) is 3.43. The van der Waals surface area contributed by atoms with Crippen LogP contribution >= 0.6 is 0 Å². The first kappa shape index (κ1) is 18.9. The van der Waals surface area contributed by atoms with Crippen LogP contribution in [0.2, 0.25) is 0 Å². The lowest BCUT2D eigenvalue weighted by Gasteiger charge is -2.34. The average molecular weight is 425 g/mol. The van der Waals surface area contributed by atoms with E-state index in [0.29, 0.717) is 0 Å². The molecule has 1 saturated heterocycles. The molecule has 0 aromatic carbocycles. The molecule has 0 spiro atoms. The Morgan fingerprint density at radius 1 is 0.938 bits per heavy atom. The maximum Gasteiger partial charge on any atom is 0.135 e. The van der Waals surface area contributed by atoms with E-state index in [0.717, 1.165) is 82.0 Å². The summed E-state index contributed by atoms with van der Waals surface area (Å²) >= 11 is 0. The number of hydrogen-bond donors (Lipinski definition) is 2. The molecule has 1 aliphatic heterocycles. The van der Waals surface area contributed by atoms with Gasteiger partial charge < -0.3 is 14.8 Å². The van der Waals surface area contributed by atoms with E-state index in [1.807, 2.05) is 36.8 Å². The molecule has 0 aliphatic carbocycles. The highest BCUT2D eigenvalue weighted by Crippen LogP contribution is 2.33. The SMILES string of the molecule is Cc1ccncc1-c1ccc2[nH]nc(-c3cc4c(N5CCN(C)CC5)cncc4[nH]3)c2n1. The fraction of sp³-hybridized carbons (Fsp3) is 0.250. The molecule has 0 radical (unpaired) electrons. The Balaban J connectivity index is 1.45. The molecule has 6 heterocycles. The lowest BCUT2D eigenvalue weighted by atomic mass is 10.1. The van der Waals surface area contributed by atoms with Gasteiger partial charge in [0.25, 0.3) is 0 Å². The van der Waals surface area contributed by atoms with Crippen molar-refractivity contribution in [2.24, 2.45) is 0 Å². The fourth-order valence-electron chi connectivity index (χ4n) is 4.43.